The van der Waals surface area contributed by atoms with Crippen molar-refractivity contribution in [2.24, 2.45) is 0 Å². The van der Waals surface area contributed by atoms with Gasteiger partial charge in [-0.2, -0.15) is 0 Å². The third-order valence-corrected chi connectivity index (χ3v) is 5.94. The number of amides is 3. The maximum absolute atomic E-state index is 12.6. The molecule has 1 N–H and O–H groups in total. The molecule has 2 aromatic rings. The average molecular weight is 434 g/mol. The molecule has 1 heterocycles. The molecule has 29 heavy (non-hydrogen) atoms. The minimum absolute atomic E-state index is 0.0790. The molecule has 0 fully saturated rings. The number of hydrogen-bond acceptors (Lipinski definition) is 5. The van der Waals surface area contributed by atoms with Gasteiger partial charge in [-0.05, 0) is 36.1 Å². The SMILES string of the molecule is O=C(CN1C(=O)c2cccc([N+](=O)[O-])c2C1=O)NC1CCc2c1ccc(Cl)c2Cl. The molecule has 0 spiro atoms. The fourth-order valence-corrected chi connectivity index (χ4v) is 4.22. The van der Waals surface area contributed by atoms with Gasteiger partial charge in [0, 0.05) is 6.07 Å². The summed E-state index contributed by atoms with van der Waals surface area (Å²) in [5.74, 6) is -2.13. The van der Waals surface area contributed by atoms with Gasteiger partial charge in [0.1, 0.15) is 12.1 Å². The number of carbonyl (C=O) groups is 3. The Morgan fingerprint density at radius 2 is 1.97 bits per heavy atom. The highest BCUT2D eigenvalue weighted by molar-refractivity contribution is 6.42. The number of carbonyl (C=O) groups excluding carboxylic acids is 3. The Morgan fingerprint density at radius 3 is 2.69 bits per heavy atom. The molecule has 3 amide bonds. The largest absolute Gasteiger partial charge is 0.348 e. The van der Waals surface area contributed by atoms with E-state index in [4.69, 9.17) is 23.2 Å². The van der Waals surface area contributed by atoms with Gasteiger partial charge in [-0.1, -0.05) is 35.3 Å². The number of benzene rings is 2. The fraction of sp³-hybridized carbons (Fsp3) is 0.211. The predicted molar refractivity (Wildman–Crippen MR) is 104 cm³/mol. The first-order valence-electron chi connectivity index (χ1n) is 8.69. The molecule has 148 valence electrons. The quantitative estimate of drug-likeness (QED) is 0.451. The van der Waals surface area contributed by atoms with Crippen LogP contribution in [0.2, 0.25) is 10.0 Å². The summed E-state index contributed by atoms with van der Waals surface area (Å²) < 4.78 is 0. The lowest BCUT2D eigenvalue weighted by molar-refractivity contribution is -0.385. The normalized spacial score (nSPS) is 17.3. The summed E-state index contributed by atoms with van der Waals surface area (Å²) in [6.45, 7) is -0.531. The van der Waals surface area contributed by atoms with Crippen molar-refractivity contribution < 1.29 is 19.3 Å². The molecule has 0 aromatic heterocycles. The molecule has 4 rings (SSSR count). The zero-order chi connectivity index (χ0) is 20.9. The summed E-state index contributed by atoms with van der Waals surface area (Å²) in [5.41, 5.74) is 0.874. The Labute approximate surface area is 174 Å². The molecule has 1 unspecified atom stereocenters. The van der Waals surface area contributed by atoms with Gasteiger partial charge in [-0.25, -0.2) is 0 Å². The van der Waals surface area contributed by atoms with Gasteiger partial charge in [0.05, 0.1) is 26.6 Å². The van der Waals surface area contributed by atoms with Crippen LogP contribution in [0.4, 0.5) is 5.69 Å². The van der Waals surface area contributed by atoms with Crippen LogP contribution in [0.1, 0.15) is 44.3 Å². The third-order valence-electron chi connectivity index (χ3n) is 5.10. The number of imide groups is 1. The Balaban J connectivity index is 1.52. The molecule has 1 aliphatic heterocycles. The van der Waals surface area contributed by atoms with E-state index in [1.54, 1.807) is 12.1 Å². The molecule has 2 aromatic carbocycles. The zero-order valence-corrected chi connectivity index (χ0v) is 16.3. The van der Waals surface area contributed by atoms with E-state index in [0.717, 1.165) is 22.1 Å². The van der Waals surface area contributed by atoms with Gasteiger partial charge in [-0.15, -0.1) is 0 Å². The standard InChI is InChI=1S/C19H13Cl2N3O5/c20-12-6-4-9-10(17(12)21)5-7-13(9)22-15(25)8-23-18(26)11-2-1-3-14(24(28)29)16(11)19(23)27/h1-4,6,13H,5,7-8H2,(H,22,25). The number of nitrogens with one attached hydrogen (secondary N) is 1. The Bertz CT molecular complexity index is 1100. The van der Waals surface area contributed by atoms with Gasteiger partial charge < -0.3 is 5.32 Å². The molecule has 2 aliphatic rings. The van der Waals surface area contributed by atoms with Crippen LogP contribution < -0.4 is 5.32 Å². The van der Waals surface area contributed by atoms with E-state index in [0.29, 0.717) is 22.9 Å². The van der Waals surface area contributed by atoms with Crippen molar-refractivity contribution in [2.45, 2.75) is 18.9 Å². The zero-order valence-electron chi connectivity index (χ0n) is 14.8. The highest BCUT2D eigenvalue weighted by Crippen LogP contribution is 2.39. The number of nitro benzene ring substituents is 1. The van der Waals surface area contributed by atoms with Gasteiger partial charge in [0.25, 0.3) is 17.5 Å². The summed E-state index contributed by atoms with van der Waals surface area (Å²) in [6, 6.07) is 6.92. The second kappa shape index (κ2) is 7.13. The highest BCUT2D eigenvalue weighted by Gasteiger charge is 2.42. The minimum Gasteiger partial charge on any atom is -0.348 e. The van der Waals surface area contributed by atoms with Crippen LogP contribution in [-0.4, -0.2) is 34.1 Å². The van der Waals surface area contributed by atoms with E-state index in [1.165, 1.54) is 12.1 Å². The summed E-state index contributed by atoms with van der Waals surface area (Å²) in [4.78, 5) is 48.8. The molecule has 0 saturated heterocycles. The van der Waals surface area contributed by atoms with Crippen LogP contribution in [0.25, 0.3) is 0 Å². The predicted octanol–water partition coefficient (Wildman–Crippen LogP) is 3.30. The monoisotopic (exact) mass is 433 g/mol. The van der Waals surface area contributed by atoms with Crippen LogP contribution in [0.5, 0.6) is 0 Å². The number of nitrogens with zero attached hydrogens (tertiary/aromatic N) is 2. The Morgan fingerprint density at radius 1 is 1.21 bits per heavy atom. The number of halogens is 2. The molecule has 0 radical (unpaired) electrons. The van der Waals surface area contributed by atoms with Gasteiger partial charge >= 0.3 is 0 Å². The molecular weight excluding hydrogens is 421 g/mol. The first-order chi connectivity index (χ1) is 13.8. The summed E-state index contributed by atoms with van der Waals surface area (Å²) in [6.07, 6.45) is 1.24. The summed E-state index contributed by atoms with van der Waals surface area (Å²) in [7, 11) is 0. The van der Waals surface area contributed by atoms with E-state index < -0.39 is 34.9 Å². The van der Waals surface area contributed by atoms with Crippen molar-refractivity contribution >= 4 is 46.6 Å². The minimum atomic E-state index is -0.853. The number of nitro groups is 1. The van der Waals surface area contributed by atoms with Crippen LogP contribution in [-0.2, 0) is 11.2 Å². The second-order valence-electron chi connectivity index (χ2n) is 6.74. The van der Waals surface area contributed by atoms with Crippen molar-refractivity contribution in [1.29, 1.82) is 0 Å². The number of rotatable bonds is 4. The smallest absolute Gasteiger partial charge is 0.282 e. The Kier molecular flexibility index (Phi) is 4.76. The molecule has 0 bridgehead atoms. The van der Waals surface area contributed by atoms with E-state index in [9.17, 15) is 24.5 Å². The topological polar surface area (TPSA) is 110 Å². The van der Waals surface area contributed by atoms with Crippen LogP contribution in [0.3, 0.4) is 0 Å². The summed E-state index contributed by atoms with van der Waals surface area (Å²) in [5, 5.41) is 14.8. The van der Waals surface area contributed by atoms with E-state index in [2.05, 4.69) is 5.32 Å². The lowest BCUT2D eigenvalue weighted by atomic mass is 10.1. The van der Waals surface area contributed by atoms with Crippen molar-refractivity contribution in [1.82, 2.24) is 10.2 Å². The number of hydrogen-bond donors (Lipinski definition) is 1. The van der Waals surface area contributed by atoms with Crippen molar-refractivity contribution in [3.05, 3.63) is 72.7 Å². The van der Waals surface area contributed by atoms with Gasteiger partial charge in [0.2, 0.25) is 5.91 Å². The molecule has 1 aliphatic carbocycles. The maximum Gasteiger partial charge on any atom is 0.282 e. The summed E-state index contributed by atoms with van der Waals surface area (Å²) >= 11 is 12.2. The Hall–Kier alpha value is -2.97. The van der Waals surface area contributed by atoms with Crippen molar-refractivity contribution in [3.63, 3.8) is 0 Å². The molecule has 1 atom stereocenters. The molecular formula is C19H13Cl2N3O5. The van der Waals surface area contributed by atoms with Gasteiger partial charge in [-0.3, -0.25) is 29.4 Å². The first-order valence-corrected chi connectivity index (χ1v) is 9.45. The molecule has 0 saturated carbocycles. The van der Waals surface area contributed by atoms with Crippen LogP contribution >= 0.6 is 23.2 Å². The average Bonchev–Trinajstić information content (AvgIpc) is 3.19. The van der Waals surface area contributed by atoms with Crippen molar-refractivity contribution in [3.8, 4) is 0 Å². The lowest BCUT2D eigenvalue weighted by Gasteiger charge is -2.18. The lowest BCUT2D eigenvalue weighted by Crippen LogP contribution is -2.41. The second-order valence-corrected chi connectivity index (χ2v) is 7.53. The first kappa shape index (κ1) is 19.4. The number of fused-ring (bicyclic) bond motifs is 2. The van der Waals surface area contributed by atoms with Crippen LogP contribution in [0, 0.1) is 10.1 Å². The van der Waals surface area contributed by atoms with E-state index in [1.807, 2.05) is 0 Å². The van der Waals surface area contributed by atoms with E-state index >= 15 is 0 Å². The molecule has 8 nitrogen and oxygen atoms in total. The van der Waals surface area contributed by atoms with E-state index in [-0.39, 0.29) is 17.2 Å². The fourth-order valence-electron chi connectivity index (χ4n) is 3.78. The van der Waals surface area contributed by atoms with Crippen LogP contribution in [0.15, 0.2) is 30.3 Å². The maximum atomic E-state index is 12.6. The third kappa shape index (κ3) is 3.14. The van der Waals surface area contributed by atoms with Crippen molar-refractivity contribution in [2.75, 3.05) is 6.54 Å². The molecule has 10 heteroatoms. The van der Waals surface area contributed by atoms with Gasteiger partial charge in [0.15, 0.2) is 0 Å². The highest BCUT2D eigenvalue weighted by atomic mass is 35.5.